The highest BCUT2D eigenvalue weighted by Crippen LogP contribution is 2.60. The van der Waals surface area contributed by atoms with Gasteiger partial charge in [0.25, 0.3) is 0 Å². The van der Waals surface area contributed by atoms with Gasteiger partial charge in [-0.05, 0) is 68.2 Å². The van der Waals surface area contributed by atoms with E-state index >= 15 is 0 Å². The summed E-state index contributed by atoms with van der Waals surface area (Å²) in [6, 6.07) is 3.98. The zero-order valence-corrected chi connectivity index (χ0v) is 22.4. The number of benzene rings is 1. The normalized spacial score (nSPS) is 31.5. The first-order valence-corrected chi connectivity index (χ1v) is 13.5. The van der Waals surface area contributed by atoms with Crippen LogP contribution in [-0.4, -0.2) is 38.8 Å². The Bertz CT molecular complexity index is 890. The number of anilines is 1. The topological polar surface area (TPSA) is 66.5 Å². The van der Waals surface area contributed by atoms with Crippen molar-refractivity contribution in [2.24, 2.45) is 23.7 Å². The first-order chi connectivity index (χ1) is 14.7. The second kappa shape index (κ2) is 9.26. The molecule has 1 aromatic rings. The Morgan fingerprint density at radius 1 is 1.00 bits per heavy atom. The lowest BCUT2D eigenvalue weighted by atomic mass is 9.81. The molecule has 1 saturated heterocycles. The van der Waals surface area contributed by atoms with Gasteiger partial charge in [-0.25, -0.2) is 0 Å². The van der Waals surface area contributed by atoms with Crippen LogP contribution in [0.2, 0.25) is 0 Å². The summed E-state index contributed by atoms with van der Waals surface area (Å²) < 4.78 is 1.03. The van der Waals surface area contributed by atoms with Crippen LogP contribution in [0.25, 0.3) is 0 Å². The molecule has 0 aromatic heterocycles. The number of likely N-dealkylation sites (tertiary alicyclic amines) is 1. The van der Waals surface area contributed by atoms with E-state index in [1.165, 1.54) is 4.90 Å². The highest BCUT2D eigenvalue weighted by Gasteiger charge is 2.66. The molecule has 2 bridgehead atoms. The SMILES string of the molecule is Cc1cc(NC(=O)CCCCCN2C(=O)[C@@H]3[C@H]4C[C@@H]([C@@H](Br)[C@@H]4Br)[C@@H]3C2=O)c(C)cc1Br. The third-order valence-corrected chi connectivity index (χ3v) is 11.2. The van der Waals surface area contributed by atoms with Gasteiger partial charge >= 0.3 is 0 Å². The van der Waals surface area contributed by atoms with Crippen LogP contribution in [0.3, 0.4) is 0 Å². The van der Waals surface area contributed by atoms with Gasteiger partial charge in [0.05, 0.1) is 11.8 Å². The molecule has 31 heavy (non-hydrogen) atoms. The quantitative estimate of drug-likeness (QED) is 0.255. The number of nitrogens with one attached hydrogen (secondary N) is 1. The molecule has 3 fully saturated rings. The molecule has 1 aliphatic heterocycles. The summed E-state index contributed by atoms with van der Waals surface area (Å²) in [4.78, 5) is 40.1. The van der Waals surface area contributed by atoms with Gasteiger partial charge in [0.1, 0.15) is 0 Å². The number of alkyl halides is 2. The number of carbonyl (C=O) groups is 3. The number of hydrogen-bond donors (Lipinski definition) is 1. The predicted molar refractivity (Wildman–Crippen MR) is 131 cm³/mol. The number of unbranched alkanes of at least 4 members (excludes halogenated alkanes) is 2. The highest BCUT2D eigenvalue weighted by molar-refractivity contribution is 9.12. The van der Waals surface area contributed by atoms with Gasteiger partial charge in [0.15, 0.2) is 0 Å². The molecule has 1 heterocycles. The fourth-order valence-electron chi connectivity index (χ4n) is 5.49. The third-order valence-electron chi connectivity index (χ3n) is 7.14. The summed E-state index contributed by atoms with van der Waals surface area (Å²) in [5, 5.41) is 2.99. The van der Waals surface area contributed by atoms with E-state index in [2.05, 4.69) is 53.1 Å². The van der Waals surface area contributed by atoms with Gasteiger partial charge in [-0.3, -0.25) is 19.3 Å². The van der Waals surface area contributed by atoms with Crippen LogP contribution in [0, 0.1) is 37.5 Å². The monoisotopic (exact) mass is 616 g/mol. The Morgan fingerprint density at radius 3 is 2.23 bits per heavy atom. The molecule has 8 heteroatoms. The van der Waals surface area contributed by atoms with Crippen LogP contribution < -0.4 is 5.32 Å². The maximum atomic E-state index is 12.9. The van der Waals surface area contributed by atoms with E-state index in [-0.39, 0.29) is 51.0 Å². The lowest BCUT2D eigenvalue weighted by Gasteiger charge is -2.28. The number of halogens is 3. The molecule has 3 amide bonds. The van der Waals surface area contributed by atoms with Crippen molar-refractivity contribution < 1.29 is 14.4 Å². The highest BCUT2D eigenvalue weighted by atomic mass is 79.9. The molecule has 5 nitrogen and oxygen atoms in total. The summed E-state index contributed by atoms with van der Waals surface area (Å²) >= 11 is 10.9. The minimum Gasteiger partial charge on any atom is -0.326 e. The second-order valence-corrected chi connectivity index (χ2v) is 12.1. The van der Waals surface area contributed by atoms with Crippen molar-refractivity contribution in [2.45, 2.75) is 55.6 Å². The van der Waals surface area contributed by atoms with Gasteiger partial charge in [-0.2, -0.15) is 0 Å². The van der Waals surface area contributed by atoms with E-state index in [1.807, 2.05) is 26.0 Å². The number of amides is 3. The second-order valence-electron chi connectivity index (χ2n) is 9.11. The van der Waals surface area contributed by atoms with Crippen LogP contribution in [0.15, 0.2) is 16.6 Å². The van der Waals surface area contributed by atoms with E-state index in [0.717, 1.165) is 47.0 Å². The maximum Gasteiger partial charge on any atom is 0.233 e. The zero-order chi connectivity index (χ0) is 22.4. The van der Waals surface area contributed by atoms with Crippen molar-refractivity contribution in [3.8, 4) is 0 Å². The van der Waals surface area contributed by atoms with Crippen molar-refractivity contribution in [1.29, 1.82) is 0 Å². The number of aryl methyl sites for hydroxylation is 2. The summed E-state index contributed by atoms with van der Waals surface area (Å²) in [5.41, 5.74) is 2.94. The maximum absolute atomic E-state index is 12.9. The fraction of sp³-hybridized carbons (Fsp3) is 0.609. The van der Waals surface area contributed by atoms with E-state index < -0.39 is 0 Å². The minimum atomic E-state index is -0.140. The largest absolute Gasteiger partial charge is 0.326 e. The Hall–Kier alpha value is -0.730. The molecule has 4 rings (SSSR count). The standard InChI is InChI=1S/C23H27Br3N2O3/c1-11-9-16(12(2)8-15(11)24)27-17(29)6-4-3-5-7-28-22(30)18-13-10-14(19(18)23(28)31)21(26)20(13)25/h8-9,13-14,18-21H,3-7,10H2,1-2H3,(H,27,29)/t13-,14-,18-,19+,20-,21-/m1/s1. The molecule has 168 valence electrons. The van der Waals surface area contributed by atoms with Crippen molar-refractivity contribution in [3.63, 3.8) is 0 Å². The Morgan fingerprint density at radius 2 is 1.61 bits per heavy atom. The van der Waals surface area contributed by atoms with Crippen LogP contribution in [0.5, 0.6) is 0 Å². The lowest BCUT2D eigenvalue weighted by Crippen LogP contribution is -2.37. The van der Waals surface area contributed by atoms with E-state index in [9.17, 15) is 14.4 Å². The lowest BCUT2D eigenvalue weighted by molar-refractivity contribution is -0.140. The van der Waals surface area contributed by atoms with E-state index in [0.29, 0.717) is 13.0 Å². The Labute approximate surface area is 208 Å². The number of nitrogens with zero attached hydrogens (tertiary/aromatic N) is 1. The predicted octanol–water partition coefficient (Wildman–Crippen LogP) is 5.34. The summed E-state index contributed by atoms with van der Waals surface area (Å²) in [6.07, 6.45) is 3.68. The average Bonchev–Trinajstić information content (AvgIpc) is 3.32. The molecular weight excluding hydrogens is 592 g/mol. The molecule has 0 unspecified atom stereocenters. The minimum absolute atomic E-state index is 0.00372. The van der Waals surface area contributed by atoms with Crippen LogP contribution in [0.1, 0.15) is 43.2 Å². The average molecular weight is 619 g/mol. The van der Waals surface area contributed by atoms with Gasteiger partial charge in [-0.15, -0.1) is 0 Å². The van der Waals surface area contributed by atoms with Gasteiger partial charge < -0.3 is 5.32 Å². The number of carbonyl (C=O) groups excluding carboxylic acids is 3. The molecule has 3 aliphatic rings. The molecule has 6 atom stereocenters. The van der Waals surface area contributed by atoms with Gasteiger partial charge in [0.2, 0.25) is 17.7 Å². The van der Waals surface area contributed by atoms with Crippen LogP contribution in [0.4, 0.5) is 5.69 Å². The molecule has 0 radical (unpaired) electrons. The summed E-state index contributed by atoms with van der Waals surface area (Å²) in [6.45, 7) is 4.44. The first kappa shape index (κ1) is 23.4. The zero-order valence-electron chi connectivity index (χ0n) is 17.7. The molecular formula is C23H27Br3N2O3. The smallest absolute Gasteiger partial charge is 0.233 e. The molecule has 0 spiro atoms. The van der Waals surface area contributed by atoms with Gasteiger partial charge in [0, 0.05) is 32.8 Å². The van der Waals surface area contributed by atoms with E-state index in [1.54, 1.807) is 0 Å². The fourth-order valence-corrected chi connectivity index (χ4v) is 7.82. The Kier molecular flexibility index (Phi) is 7.00. The number of rotatable bonds is 7. The summed E-state index contributed by atoms with van der Waals surface area (Å²) in [5.74, 6) is 0.273. The number of fused-ring (bicyclic) bond motifs is 5. The van der Waals surface area contributed by atoms with Gasteiger partial charge in [-0.1, -0.05) is 54.2 Å². The third kappa shape index (κ3) is 4.29. The molecule has 2 saturated carbocycles. The van der Waals surface area contributed by atoms with Crippen molar-refractivity contribution in [1.82, 2.24) is 4.90 Å². The van der Waals surface area contributed by atoms with Crippen molar-refractivity contribution in [3.05, 3.63) is 27.7 Å². The van der Waals surface area contributed by atoms with Crippen molar-refractivity contribution >= 4 is 71.2 Å². The molecule has 1 N–H and O–H groups in total. The number of hydrogen-bond acceptors (Lipinski definition) is 3. The van der Waals surface area contributed by atoms with E-state index in [4.69, 9.17) is 0 Å². The molecule has 1 aromatic carbocycles. The van der Waals surface area contributed by atoms with Crippen molar-refractivity contribution in [2.75, 3.05) is 11.9 Å². The first-order valence-electron chi connectivity index (χ1n) is 10.9. The number of imide groups is 1. The summed E-state index contributed by atoms with van der Waals surface area (Å²) in [7, 11) is 0. The molecule has 2 aliphatic carbocycles. The van der Waals surface area contributed by atoms with Crippen LogP contribution >= 0.6 is 47.8 Å². The van der Waals surface area contributed by atoms with Crippen LogP contribution in [-0.2, 0) is 14.4 Å². The Balaban J connectivity index is 1.22.